The number of piperidine rings is 1. The van der Waals surface area contributed by atoms with Gasteiger partial charge < -0.3 is 0 Å². The van der Waals surface area contributed by atoms with E-state index in [0.717, 1.165) is 39.0 Å². The molecule has 14 heteroatoms. The number of benzene rings is 1. The van der Waals surface area contributed by atoms with E-state index in [-0.39, 0.29) is 48.5 Å². The van der Waals surface area contributed by atoms with Gasteiger partial charge in [0.15, 0.2) is 15.8 Å². The molecule has 6 rings (SSSR count). The first kappa shape index (κ1) is 26.7. The molecule has 208 valence electrons. The Morgan fingerprint density at radius 1 is 1.12 bits per heavy atom. The van der Waals surface area contributed by atoms with Crippen molar-refractivity contribution >= 4 is 27.1 Å². The molecule has 0 radical (unpaired) electrons. The molecular formula is C26H21F4N5O3S2. The molecular weight excluding hydrogens is 570 g/mol. The summed E-state index contributed by atoms with van der Waals surface area (Å²) in [6.07, 6.45) is -0.857. The number of alkyl halides is 3. The minimum Gasteiger partial charge on any atom is -0.291 e. The van der Waals surface area contributed by atoms with Gasteiger partial charge in [-0.2, -0.15) is 22.6 Å². The number of carbonyl (C=O) groups is 1. The van der Waals surface area contributed by atoms with E-state index in [1.807, 2.05) is 0 Å². The van der Waals surface area contributed by atoms with Crippen LogP contribution in [0.3, 0.4) is 0 Å². The monoisotopic (exact) mass is 591 g/mol. The summed E-state index contributed by atoms with van der Waals surface area (Å²) in [5, 5.41) is 5.64. The van der Waals surface area contributed by atoms with Crippen LogP contribution in [0.25, 0.3) is 5.69 Å². The van der Waals surface area contributed by atoms with E-state index < -0.39 is 32.3 Å². The van der Waals surface area contributed by atoms with Crippen LogP contribution in [-0.4, -0.2) is 51.3 Å². The van der Waals surface area contributed by atoms with Crippen LogP contribution in [0.15, 0.2) is 65.3 Å². The van der Waals surface area contributed by atoms with E-state index >= 15 is 0 Å². The number of Topliss-reactive ketones (excluding diaryl/α,β-unsaturated/α-hetero) is 1. The highest BCUT2D eigenvalue weighted by atomic mass is 32.2. The third-order valence-electron chi connectivity index (χ3n) is 7.64. The SMILES string of the molecule is O=C(c1nccs1)C12Cc3cnn(-c4ccc(F)cc4)c3CC1CCN(S(=O)(=O)c1cccc(C(F)(F)F)n1)C2. The number of thiazole rings is 1. The molecule has 2 aliphatic rings. The van der Waals surface area contributed by atoms with Crippen molar-refractivity contribution in [2.24, 2.45) is 11.3 Å². The molecule has 2 unspecified atom stereocenters. The zero-order valence-electron chi connectivity index (χ0n) is 20.7. The molecule has 0 bridgehead atoms. The van der Waals surface area contributed by atoms with Crippen LogP contribution in [-0.2, 0) is 29.0 Å². The molecule has 3 aromatic heterocycles. The lowest BCUT2D eigenvalue weighted by atomic mass is 9.61. The largest absolute Gasteiger partial charge is 0.433 e. The standard InChI is InChI=1S/C26H21F4N5O3S2/c27-18-4-6-19(7-5-18)35-20-12-17-8-10-34(40(37,38)22-3-1-2-21(33-22)26(28,29)30)15-25(17,13-16(20)14-32-35)23(36)24-31-9-11-39-24/h1-7,9,11,14,17H,8,10,12-13,15H2. The first-order valence-electron chi connectivity index (χ1n) is 12.3. The predicted molar refractivity (Wildman–Crippen MR) is 136 cm³/mol. The molecule has 2 atom stereocenters. The lowest BCUT2D eigenvalue weighted by molar-refractivity contribution is -0.141. The van der Waals surface area contributed by atoms with E-state index in [2.05, 4.69) is 15.1 Å². The van der Waals surface area contributed by atoms with Crippen molar-refractivity contribution in [2.75, 3.05) is 13.1 Å². The summed E-state index contributed by atoms with van der Waals surface area (Å²) >= 11 is 1.15. The number of halogens is 4. The zero-order valence-corrected chi connectivity index (χ0v) is 22.3. The van der Waals surface area contributed by atoms with Gasteiger partial charge in [0.1, 0.15) is 11.5 Å². The van der Waals surface area contributed by atoms with Crippen molar-refractivity contribution in [2.45, 2.75) is 30.5 Å². The van der Waals surface area contributed by atoms with Gasteiger partial charge in [-0.25, -0.2) is 27.5 Å². The van der Waals surface area contributed by atoms with Gasteiger partial charge in [0, 0.05) is 30.4 Å². The summed E-state index contributed by atoms with van der Waals surface area (Å²) in [7, 11) is -4.46. The maximum atomic E-state index is 14.0. The zero-order chi connectivity index (χ0) is 28.3. The number of hydrogen-bond donors (Lipinski definition) is 0. The minimum atomic E-state index is -4.81. The van der Waals surface area contributed by atoms with Crippen LogP contribution in [0.2, 0.25) is 0 Å². The maximum absolute atomic E-state index is 14.0. The Labute approximate surface area is 230 Å². The quantitative estimate of drug-likeness (QED) is 0.249. The van der Waals surface area contributed by atoms with E-state index in [4.69, 9.17) is 0 Å². The molecule has 1 fully saturated rings. The molecule has 4 aromatic rings. The van der Waals surface area contributed by atoms with Gasteiger partial charge in [-0.1, -0.05) is 6.07 Å². The Hall–Kier alpha value is -3.49. The van der Waals surface area contributed by atoms with Crippen LogP contribution < -0.4 is 0 Å². The lowest BCUT2D eigenvalue weighted by Crippen LogP contribution is -2.57. The van der Waals surface area contributed by atoms with Crippen molar-refractivity contribution in [3.63, 3.8) is 0 Å². The van der Waals surface area contributed by atoms with Gasteiger partial charge in [0.05, 0.1) is 17.3 Å². The van der Waals surface area contributed by atoms with E-state index in [0.29, 0.717) is 18.2 Å². The van der Waals surface area contributed by atoms with E-state index in [1.165, 1.54) is 18.3 Å². The Morgan fingerprint density at radius 2 is 1.90 bits per heavy atom. The van der Waals surface area contributed by atoms with Gasteiger partial charge in [-0.15, -0.1) is 11.3 Å². The molecule has 0 N–H and O–H groups in total. The summed E-state index contributed by atoms with van der Waals surface area (Å²) in [6.45, 7) is -0.241. The lowest BCUT2D eigenvalue weighted by Gasteiger charge is -2.48. The summed E-state index contributed by atoms with van der Waals surface area (Å²) in [5.74, 6) is -1.00. The number of rotatable bonds is 5. The molecule has 1 saturated heterocycles. The number of fused-ring (bicyclic) bond motifs is 2. The second kappa shape index (κ2) is 9.56. The topological polar surface area (TPSA) is 98.0 Å². The summed E-state index contributed by atoms with van der Waals surface area (Å²) in [6, 6.07) is 8.59. The fourth-order valence-electron chi connectivity index (χ4n) is 5.69. The third-order valence-corrected chi connectivity index (χ3v) is 10.2. The average Bonchev–Trinajstić information content (AvgIpc) is 3.61. The second-order valence-corrected chi connectivity index (χ2v) is 12.7. The summed E-state index contributed by atoms with van der Waals surface area (Å²) in [4.78, 5) is 21.6. The van der Waals surface area contributed by atoms with Gasteiger partial charge in [-0.05, 0) is 67.1 Å². The number of hydrogen-bond acceptors (Lipinski definition) is 7. The maximum Gasteiger partial charge on any atom is 0.433 e. The fraction of sp³-hybridized carbons (Fsp3) is 0.308. The highest BCUT2D eigenvalue weighted by molar-refractivity contribution is 7.89. The highest BCUT2D eigenvalue weighted by Crippen LogP contribution is 2.48. The number of nitrogens with zero attached hydrogens (tertiary/aromatic N) is 5. The van der Waals surface area contributed by atoms with Gasteiger partial charge >= 0.3 is 6.18 Å². The van der Waals surface area contributed by atoms with Crippen LogP contribution in [0.5, 0.6) is 0 Å². The highest BCUT2D eigenvalue weighted by Gasteiger charge is 2.55. The minimum absolute atomic E-state index is 0.00214. The van der Waals surface area contributed by atoms with E-state index in [9.17, 15) is 30.8 Å². The molecule has 0 saturated carbocycles. The van der Waals surface area contributed by atoms with Crippen LogP contribution in [0, 0.1) is 17.2 Å². The first-order chi connectivity index (χ1) is 19.0. The van der Waals surface area contributed by atoms with Crippen molar-refractivity contribution in [3.05, 3.63) is 88.0 Å². The molecule has 8 nitrogen and oxygen atoms in total. The van der Waals surface area contributed by atoms with Gasteiger partial charge in [-0.3, -0.25) is 4.79 Å². The van der Waals surface area contributed by atoms with Crippen molar-refractivity contribution in [1.29, 1.82) is 0 Å². The Bertz CT molecular complexity index is 1690. The Morgan fingerprint density at radius 3 is 2.60 bits per heavy atom. The van der Waals surface area contributed by atoms with Crippen molar-refractivity contribution < 1.29 is 30.8 Å². The normalized spacial score (nSPS) is 21.6. The van der Waals surface area contributed by atoms with Gasteiger partial charge in [0.25, 0.3) is 10.0 Å². The van der Waals surface area contributed by atoms with Crippen molar-refractivity contribution in [1.82, 2.24) is 24.1 Å². The van der Waals surface area contributed by atoms with E-state index in [1.54, 1.807) is 28.4 Å². The van der Waals surface area contributed by atoms with Crippen LogP contribution >= 0.6 is 11.3 Å². The van der Waals surface area contributed by atoms with Crippen molar-refractivity contribution in [3.8, 4) is 5.69 Å². The van der Waals surface area contributed by atoms with Crippen LogP contribution in [0.1, 0.15) is 33.2 Å². The smallest absolute Gasteiger partial charge is 0.291 e. The number of ketones is 1. The number of sulfonamides is 1. The Balaban J connectivity index is 1.40. The molecule has 1 aromatic carbocycles. The first-order valence-corrected chi connectivity index (χ1v) is 14.6. The summed E-state index contributed by atoms with van der Waals surface area (Å²) < 4.78 is 83.3. The average molecular weight is 592 g/mol. The molecule has 0 spiro atoms. The third kappa shape index (κ3) is 4.43. The number of aromatic nitrogens is 4. The summed E-state index contributed by atoms with van der Waals surface area (Å²) in [5.41, 5.74) is -0.296. The predicted octanol–water partition coefficient (Wildman–Crippen LogP) is 4.56. The Kier molecular flexibility index (Phi) is 6.39. The molecule has 0 amide bonds. The number of carbonyl (C=O) groups excluding carboxylic acids is 1. The second-order valence-electron chi connectivity index (χ2n) is 9.89. The van der Waals surface area contributed by atoms with Gasteiger partial charge in [0.2, 0.25) is 0 Å². The molecule has 1 aliphatic heterocycles. The van der Waals surface area contributed by atoms with Crippen LogP contribution in [0.4, 0.5) is 17.6 Å². The molecule has 40 heavy (non-hydrogen) atoms. The molecule has 4 heterocycles. The number of pyridine rings is 1. The molecule has 1 aliphatic carbocycles. The fourth-order valence-corrected chi connectivity index (χ4v) is 7.84.